The maximum Gasteiger partial charge on any atom is 0.246 e. The van der Waals surface area contributed by atoms with Crippen molar-refractivity contribution in [2.75, 3.05) is 24.9 Å². The Morgan fingerprint density at radius 1 is 0.897 bits per heavy atom. The molecule has 0 saturated carbocycles. The molecule has 0 aliphatic heterocycles. The number of ether oxygens (including phenoxy) is 2. The summed E-state index contributed by atoms with van der Waals surface area (Å²) >= 11 is 0. The van der Waals surface area contributed by atoms with E-state index in [-0.39, 0.29) is 16.8 Å². The van der Waals surface area contributed by atoms with E-state index in [0.29, 0.717) is 22.9 Å². The monoisotopic (exact) mass is 421 g/mol. The number of sulfonamides is 1. The van der Waals surface area contributed by atoms with E-state index < -0.39 is 16.1 Å². The lowest BCUT2D eigenvalue weighted by molar-refractivity contribution is -0.116. The zero-order valence-electron chi connectivity index (χ0n) is 17.1. The molecule has 0 aliphatic carbocycles. The summed E-state index contributed by atoms with van der Waals surface area (Å²) in [5.74, 6) is 0.879. The van der Waals surface area contributed by atoms with E-state index in [2.05, 4.69) is 15.4 Å². The maximum atomic E-state index is 12.5. The number of amides is 1. The molecule has 158 valence electrons. The lowest BCUT2D eigenvalue weighted by atomic mass is 10.2. The number of anilines is 2. The summed E-state index contributed by atoms with van der Waals surface area (Å²) in [6, 6.07) is 10.5. The minimum Gasteiger partial charge on any atom is -0.493 e. The van der Waals surface area contributed by atoms with Gasteiger partial charge in [-0.3, -0.25) is 4.79 Å². The highest BCUT2D eigenvalue weighted by Crippen LogP contribution is 2.30. The van der Waals surface area contributed by atoms with Gasteiger partial charge in [-0.2, -0.15) is 0 Å². The van der Waals surface area contributed by atoms with Crippen LogP contribution in [0, 0.1) is 0 Å². The van der Waals surface area contributed by atoms with Gasteiger partial charge in [0.1, 0.15) is 6.04 Å². The molecule has 1 atom stereocenters. The Hall–Kier alpha value is -2.78. The molecule has 0 spiro atoms. The summed E-state index contributed by atoms with van der Waals surface area (Å²) in [5.41, 5.74) is 1.20. The molecule has 9 heteroatoms. The molecule has 2 rings (SSSR count). The van der Waals surface area contributed by atoms with E-state index in [0.717, 1.165) is 0 Å². The maximum absolute atomic E-state index is 12.5. The zero-order chi connectivity index (χ0) is 21.6. The topological polar surface area (TPSA) is 106 Å². The van der Waals surface area contributed by atoms with Crippen LogP contribution in [0.4, 0.5) is 11.4 Å². The fourth-order valence-corrected chi connectivity index (χ4v) is 3.84. The van der Waals surface area contributed by atoms with Crippen molar-refractivity contribution in [1.29, 1.82) is 0 Å². The van der Waals surface area contributed by atoms with Gasteiger partial charge in [0.2, 0.25) is 15.9 Å². The van der Waals surface area contributed by atoms with E-state index in [1.165, 1.54) is 19.2 Å². The van der Waals surface area contributed by atoms with E-state index in [1.54, 1.807) is 58.2 Å². The van der Waals surface area contributed by atoms with E-state index in [9.17, 15) is 13.2 Å². The normalized spacial score (nSPS) is 12.3. The molecule has 2 aromatic rings. The third kappa shape index (κ3) is 6.10. The van der Waals surface area contributed by atoms with E-state index in [1.807, 2.05) is 0 Å². The molecule has 0 aromatic heterocycles. The Labute approximate surface area is 171 Å². The first-order valence-electron chi connectivity index (χ1n) is 9.08. The van der Waals surface area contributed by atoms with Crippen LogP contribution in [0.2, 0.25) is 0 Å². The van der Waals surface area contributed by atoms with Crippen LogP contribution in [-0.2, 0) is 14.8 Å². The largest absolute Gasteiger partial charge is 0.493 e. The van der Waals surface area contributed by atoms with Crippen LogP contribution in [0.3, 0.4) is 0 Å². The first kappa shape index (κ1) is 22.5. The summed E-state index contributed by atoms with van der Waals surface area (Å²) in [4.78, 5) is 12.6. The fourth-order valence-electron chi connectivity index (χ4n) is 2.59. The molecule has 29 heavy (non-hydrogen) atoms. The average Bonchev–Trinajstić information content (AvgIpc) is 2.67. The number of nitrogens with one attached hydrogen (secondary N) is 3. The quantitative estimate of drug-likeness (QED) is 0.575. The molecule has 0 unspecified atom stereocenters. The summed E-state index contributed by atoms with van der Waals surface area (Å²) in [6.07, 6.45) is 0. The molecule has 0 aliphatic rings. The number of carbonyl (C=O) groups excluding carboxylic acids is 1. The molecule has 0 saturated heterocycles. The molecule has 3 N–H and O–H groups in total. The first-order chi connectivity index (χ1) is 13.7. The van der Waals surface area contributed by atoms with Gasteiger partial charge in [-0.25, -0.2) is 13.1 Å². The van der Waals surface area contributed by atoms with Gasteiger partial charge >= 0.3 is 0 Å². The van der Waals surface area contributed by atoms with Gasteiger partial charge in [0.15, 0.2) is 11.5 Å². The lowest BCUT2D eigenvalue weighted by Gasteiger charge is -2.17. The van der Waals surface area contributed by atoms with Crippen molar-refractivity contribution in [2.45, 2.75) is 37.8 Å². The molecule has 0 heterocycles. The predicted octanol–water partition coefficient (Wildman–Crippen LogP) is 2.83. The number of benzene rings is 2. The summed E-state index contributed by atoms with van der Waals surface area (Å²) in [6.45, 7) is 5.22. The Balaban J connectivity index is 2.02. The van der Waals surface area contributed by atoms with Crippen molar-refractivity contribution < 1.29 is 22.7 Å². The van der Waals surface area contributed by atoms with Crippen molar-refractivity contribution in [3.05, 3.63) is 42.5 Å². The number of hydrogen-bond acceptors (Lipinski definition) is 6. The fraction of sp³-hybridized carbons (Fsp3) is 0.350. The van der Waals surface area contributed by atoms with Crippen LogP contribution in [-0.4, -0.2) is 40.6 Å². The van der Waals surface area contributed by atoms with Crippen LogP contribution in [0.25, 0.3) is 0 Å². The van der Waals surface area contributed by atoms with Gasteiger partial charge in [0, 0.05) is 23.5 Å². The minimum absolute atomic E-state index is 0.140. The van der Waals surface area contributed by atoms with Gasteiger partial charge in [-0.1, -0.05) is 0 Å². The van der Waals surface area contributed by atoms with Gasteiger partial charge in [-0.05, 0) is 57.2 Å². The number of carbonyl (C=O) groups is 1. The third-order valence-electron chi connectivity index (χ3n) is 3.98. The van der Waals surface area contributed by atoms with Crippen LogP contribution < -0.4 is 24.8 Å². The van der Waals surface area contributed by atoms with Crippen LogP contribution in [0.1, 0.15) is 20.8 Å². The summed E-state index contributed by atoms with van der Waals surface area (Å²) < 4.78 is 37.3. The van der Waals surface area contributed by atoms with E-state index in [4.69, 9.17) is 9.47 Å². The van der Waals surface area contributed by atoms with Crippen molar-refractivity contribution in [1.82, 2.24) is 4.72 Å². The number of hydrogen-bond donors (Lipinski definition) is 3. The first-order valence-corrected chi connectivity index (χ1v) is 10.6. The summed E-state index contributed by atoms with van der Waals surface area (Å²) in [7, 11) is -0.479. The SMILES string of the molecule is COc1ccc(N[C@H](C)C(=O)Nc2ccc(S(=O)(=O)NC(C)C)cc2)cc1OC. The van der Waals surface area contributed by atoms with Gasteiger partial charge in [0.05, 0.1) is 19.1 Å². The highest BCUT2D eigenvalue weighted by molar-refractivity contribution is 7.89. The Morgan fingerprint density at radius 3 is 2.03 bits per heavy atom. The molecular formula is C20H27N3O5S. The minimum atomic E-state index is -3.57. The zero-order valence-corrected chi connectivity index (χ0v) is 18.0. The van der Waals surface area contributed by atoms with Gasteiger partial charge in [-0.15, -0.1) is 0 Å². The molecule has 2 aromatic carbocycles. The van der Waals surface area contributed by atoms with E-state index >= 15 is 0 Å². The van der Waals surface area contributed by atoms with Crippen LogP contribution in [0.5, 0.6) is 11.5 Å². The standard InChI is InChI=1S/C20H27N3O5S/c1-13(2)23-29(25,26)17-9-6-15(7-10-17)22-20(24)14(3)21-16-8-11-18(27-4)19(12-16)28-5/h6-14,21,23H,1-5H3,(H,22,24)/t14-/m1/s1. The van der Waals surface area contributed by atoms with Crippen LogP contribution >= 0.6 is 0 Å². The lowest BCUT2D eigenvalue weighted by Crippen LogP contribution is -2.32. The second-order valence-electron chi connectivity index (χ2n) is 6.73. The number of rotatable bonds is 9. The second-order valence-corrected chi connectivity index (χ2v) is 8.44. The Bertz CT molecular complexity index is 943. The Morgan fingerprint density at radius 2 is 1.48 bits per heavy atom. The van der Waals surface area contributed by atoms with Crippen LogP contribution in [0.15, 0.2) is 47.4 Å². The predicted molar refractivity (Wildman–Crippen MR) is 113 cm³/mol. The molecular weight excluding hydrogens is 394 g/mol. The molecule has 8 nitrogen and oxygen atoms in total. The van der Waals surface area contributed by atoms with Crippen molar-refractivity contribution in [3.8, 4) is 11.5 Å². The molecule has 0 radical (unpaired) electrons. The molecule has 1 amide bonds. The third-order valence-corrected chi connectivity index (χ3v) is 5.66. The Kier molecular flexibility index (Phi) is 7.46. The smallest absolute Gasteiger partial charge is 0.246 e. The molecule has 0 fully saturated rings. The van der Waals surface area contributed by atoms with Gasteiger partial charge in [0.25, 0.3) is 0 Å². The van der Waals surface area contributed by atoms with Crippen molar-refractivity contribution in [2.24, 2.45) is 0 Å². The average molecular weight is 422 g/mol. The van der Waals surface area contributed by atoms with Crippen molar-refractivity contribution >= 4 is 27.3 Å². The number of methoxy groups -OCH3 is 2. The van der Waals surface area contributed by atoms with Gasteiger partial charge < -0.3 is 20.1 Å². The highest BCUT2D eigenvalue weighted by Gasteiger charge is 2.17. The van der Waals surface area contributed by atoms with Crippen molar-refractivity contribution in [3.63, 3.8) is 0 Å². The summed E-state index contributed by atoms with van der Waals surface area (Å²) in [5, 5.41) is 5.85. The second kappa shape index (κ2) is 9.62. The molecule has 0 bridgehead atoms. The highest BCUT2D eigenvalue weighted by atomic mass is 32.2.